The van der Waals surface area contributed by atoms with Gasteiger partial charge in [0.25, 0.3) is 5.91 Å². The molecule has 0 bridgehead atoms. The van der Waals surface area contributed by atoms with Crippen molar-refractivity contribution < 1.29 is 14.3 Å². The monoisotopic (exact) mass is 387 g/mol. The second-order valence-electron chi connectivity index (χ2n) is 6.24. The van der Waals surface area contributed by atoms with Gasteiger partial charge < -0.3 is 14.8 Å². The summed E-state index contributed by atoms with van der Waals surface area (Å²) < 4.78 is 11.1. The number of aromatic nitrogens is 1. The molecule has 3 aromatic rings. The van der Waals surface area contributed by atoms with Crippen molar-refractivity contribution >= 4 is 5.91 Å². The lowest BCUT2D eigenvalue weighted by Gasteiger charge is -2.09. The van der Waals surface area contributed by atoms with Gasteiger partial charge in [0.2, 0.25) is 5.88 Å². The quantitative estimate of drug-likeness (QED) is 0.634. The first-order valence-corrected chi connectivity index (χ1v) is 9.25. The van der Waals surface area contributed by atoms with Gasteiger partial charge in [0.1, 0.15) is 12.4 Å². The predicted octanol–water partition coefficient (Wildman–Crippen LogP) is 3.86. The lowest BCUT2D eigenvalue weighted by Crippen LogP contribution is -2.23. The Bertz CT molecular complexity index is 1010. The number of amides is 1. The van der Waals surface area contributed by atoms with Crippen LogP contribution >= 0.6 is 0 Å². The molecule has 1 amide bonds. The summed E-state index contributed by atoms with van der Waals surface area (Å²) in [6.07, 6.45) is 1.66. The van der Waals surface area contributed by atoms with Gasteiger partial charge in [-0.25, -0.2) is 4.98 Å². The maximum absolute atomic E-state index is 12.5. The molecule has 0 atom stereocenters. The van der Waals surface area contributed by atoms with E-state index in [4.69, 9.17) is 14.7 Å². The standard InChI is InChI=1S/C23H21N3O3/c1-2-28-22-13-18(10-11-25-22)15-26-23(27)20-5-3-4-19(12-20)16-29-21-8-6-17(14-24)7-9-21/h3-13H,2,15-16H2,1H3,(H,26,27). The van der Waals surface area contributed by atoms with Crippen LogP contribution < -0.4 is 14.8 Å². The average molecular weight is 387 g/mol. The van der Waals surface area contributed by atoms with Gasteiger partial charge in [-0.3, -0.25) is 4.79 Å². The van der Waals surface area contributed by atoms with Crippen LogP contribution in [0.25, 0.3) is 0 Å². The number of benzene rings is 2. The molecule has 3 rings (SSSR count). The van der Waals surface area contributed by atoms with E-state index in [1.165, 1.54) is 0 Å². The third-order valence-corrected chi connectivity index (χ3v) is 4.12. The lowest BCUT2D eigenvalue weighted by atomic mass is 10.1. The van der Waals surface area contributed by atoms with E-state index in [0.717, 1.165) is 11.1 Å². The summed E-state index contributed by atoms with van der Waals surface area (Å²) in [5.74, 6) is 1.04. The van der Waals surface area contributed by atoms with Crippen molar-refractivity contribution in [3.63, 3.8) is 0 Å². The van der Waals surface area contributed by atoms with Gasteiger partial charge in [-0.05, 0) is 60.5 Å². The van der Waals surface area contributed by atoms with Crippen molar-refractivity contribution in [3.05, 3.63) is 89.1 Å². The molecule has 2 aromatic carbocycles. The molecular weight excluding hydrogens is 366 g/mol. The van der Waals surface area contributed by atoms with E-state index in [-0.39, 0.29) is 5.91 Å². The van der Waals surface area contributed by atoms with Gasteiger partial charge in [0.05, 0.1) is 18.2 Å². The number of nitriles is 1. The van der Waals surface area contributed by atoms with Crippen molar-refractivity contribution in [2.75, 3.05) is 6.61 Å². The number of hydrogen-bond acceptors (Lipinski definition) is 5. The van der Waals surface area contributed by atoms with Crippen LogP contribution in [0.1, 0.15) is 34.0 Å². The first-order chi connectivity index (χ1) is 14.2. The minimum absolute atomic E-state index is 0.167. The molecule has 0 aliphatic carbocycles. The normalized spacial score (nSPS) is 10.1. The largest absolute Gasteiger partial charge is 0.489 e. The van der Waals surface area contributed by atoms with Crippen LogP contribution in [0.15, 0.2) is 66.9 Å². The Morgan fingerprint density at radius 2 is 1.90 bits per heavy atom. The van der Waals surface area contributed by atoms with Crippen molar-refractivity contribution in [1.82, 2.24) is 10.3 Å². The van der Waals surface area contributed by atoms with E-state index in [1.807, 2.05) is 31.2 Å². The van der Waals surface area contributed by atoms with Crippen LogP contribution in [0.4, 0.5) is 0 Å². The van der Waals surface area contributed by atoms with Crippen molar-refractivity contribution in [2.45, 2.75) is 20.1 Å². The molecular formula is C23H21N3O3. The molecule has 0 aliphatic heterocycles. The van der Waals surface area contributed by atoms with Crippen LogP contribution in [0, 0.1) is 11.3 Å². The van der Waals surface area contributed by atoms with Gasteiger partial charge >= 0.3 is 0 Å². The minimum Gasteiger partial charge on any atom is -0.489 e. The van der Waals surface area contributed by atoms with Gasteiger partial charge in [-0.15, -0.1) is 0 Å². The Morgan fingerprint density at radius 1 is 1.07 bits per heavy atom. The van der Waals surface area contributed by atoms with Crippen molar-refractivity contribution in [1.29, 1.82) is 5.26 Å². The van der Waals surface area contributed by atoms with Crippen LogP contribution in [0.3, 0.4) is 0 Å². The highest BCUT2D eigenvalue weighted by atomic mass is 16.5. The summed E-state index contributed by atoms with van der Waals surface area (Å²) in [5, 5.41) is 11.7. The second kappa shape index (κ2) is 9.90. The molecule has 29 heavy (non-hydrogen) atoms. The van der Waals surface area contributed by atoms with E-state index in [1.54, 1.807) is 42.6 Å². The molecule has 1 aromatic heterocycles. The van der Waals surface area contributed by atoms with E-state index >= 15 is 0 Å². The zero-order chi connectivity index (χ0) is 20.5. The van der Waals surface area contributed by atoms with Crippen LogP contribution in [0.2, 0.25) is 0 Å². The molecule has 1 heterocycles. The van der Waals surface area contributed by atoms with E-state index in [2.05, 4.69) is 16.4 Å². The molecule has 0 saturated carbocycles. The second-order valence-corrected chi connectivity index (χ2v) is 6.24. The van der Waals surface area contributed by atoms with Gasteiger partial charge in [-0.2, -0.15) is 5.26 Å². The zero-order valence-corrected chi connectivity index (χ0v) is 16.1. The highest BCUT2D eigenvalue weighted by Crippen LogP contribution is 2.15. The molecule has 0 fully saturated rings. The van der Waals surface area contributed by atoms with Crippen molar-refractivity contribution in [2.24, 2.45) is 0 Å². The number of nitrogens with one attached hydrogen (secondary N) is 1. The topological polar surface area (TPSA) is 84.2 Å². The summed E-state index contributed by atoms with van der Waals surface area (Å²) in [6, 6.07) is 19.9. The summed E-state index contributed by atoms with van der Waals surface area (Å²) in [4.78, 5) is 16.6. The number of ether oxygens (including phenoxy) is 2. The third-order valence-electron chi connectivity index (χ3n) is 4.12. The fraction of sp³-hybridized carbons (Fsp3) is 0.174. The zero-order valence-electron chi connectivity index (χ0n) is 16.1. The summed E-state index contributed by atoms with van der Waals surface area (Å²) in [5.41, 5.74) is 2.94. The first-order valence-electron chi connectivity index (χ1n) is 9.25. The van der Waals surface area contributed by atoms with Gasteiger partial charge in [0.15, 0.2) is 0 Å². The molecule has 0 saturated heterocycles. The number of carbonyl (C=O) groups excluding carboxylic acids is 1. The summed E-state index contributed by atoms with van der Waals surface area (Å²) >= 11 is 0. The van der Waals surface area contributed by atoms with Crippen LogP contribution in [-0.4, -0.2) is 17.5 Å². The molecule has 1 N–H and O–H groups in total. The molecule has 6 nitrogen and oxygen atoms in total. The highest BCUT2D eigenvalue weighted by Gasteiger charge is 2.07. The smallest absolute Gasteiger partial charge is 0.251 e. The molecule has 0 unspecified atom stereocenters. The fourth-order valence-electron chi connectivity index (χ4n) is 2.67. The summed E-state index contributed by atoms with van der Waals surface area (Å²) in [6.45, 7) is 3.15. The maximum atomic E-state index is 12.5. The maximum Gasteiger partial charge on any atom is 0.251 e. The van der Waals surface area contributed by atoms with Crippen LogP contribution in [-0.2, 0) is 13.2 Å². The third kappa shape index (κ3) is 5.81. The van der Waals surface area contributed by atoms with Gasteiger partial charge in [-0.1, -0.05) is 12.1 Å². The Labute approximate surface area is 169 Å². The van der Waals surface area contributed by atoms with E-state index < -0.39 is 0 Å². The van der Waals surface area contributed by atoms with Crippen molar-refractivity contribution in [3.8, 4) is 17.7 Å². The lowest BCUT2D eigenvalue weighted by molar-refractivity contribution is 0.0950. The number of hydrogen-bond donors (Lipinski definition) is 1. The number of rotatable bonds is 8. The molecule has 146 valence electrons. The molecule has 6 heteroatoms. The van der Waals surface area contributed by atoms with E-state index in [9.17, 15) is 4.79 Å². The Kier molecular flexibility index (Phi) is 6.80. The van der Waals surface area contributed by atoms with Crippen LogP contribution in [0.5, 0.6) is 11.6 Å². The van der Waals surface area contributed by atoms with E-state index in [0.29, 0.717) is 42.5 Å². The number of nitrogens with zero attached hydrogens (tertiary/aromatic N) is 2. The Morgan fingerprint density at radius 3 is 2.66 bits per heavy atom. The minimum atomic E-state index is -0.167. The molecule has 0 radical (unpaired) electrons. The molecule has 0 aliphatic rings. The number of pyridine rings is 1. The van der Waals surface area contributed by atoms with Gasteiger partial charge in [0, 0.05) is 24.4 Å². The Balaban J connectivity index is 1.57. The Hall–Kier alpha value is -3.85. The number of carbonyl (C=O) groups is 1. The summed E-state index contributed by atoms with van der Waals surface area (Å²) in [7, 11) is 0. The average Bonchev–Trinajstić information content (AvgIpc) is 2.77. The first kappa shape index (κ1) is 19.9. The predicted molar refractivity (Wildman–Crippen MR) is 109 cm³/mol. The fourth-order valence-corrected chi connectivity index (χ4v) is 2.67. The SMILES string of the molecule is CCOc1cc(CNC(=O)c2cccc(COc3ccc(C#N)cc3)c2)ccn1. The highest BCUT2D eigenvalue weighted by molar-refractivity contribution is 5.94. The molecule has 0 spiro atoms.